The Morgan fingerprint density at radius 3 is 2.48 bits per heavy atom. The number of halogens is 1. The van der Waals surface area contributed by atoms with Crippen LogP contribution >= 0.6 is 12.2 Å². The molecular weight excluding hydrogens is 300 g/mol. The number of alkyl halides is 1. The van der Waals surface area contributed by atoms with Crippen LogP contribution in [0.3, 0.4) is 0 Å². The van der Waals surface area contributed by atoms with Crippen LogP contribution in [0.15, 0.2) is 17.1 Å². The van der Waals surface area contributed by atoms with Gasteiger partial charge in [0.2, 0.25) is 0 Å². The number of aromatic nitrogens is 2. The number of H-pyrrole nitrogens is 1. The molecule has 0 bridgehead atoms. The number of nitrogens with zero attached hydrogens (tertiary/aromatic N) is 1. The van der Waals surface area contributed by atoms with E-state index in [1.54, 1.807) is 0 Å². The summed E-state index contributed by atoms with van der Waals surface area (Å²) in [5.74, 6) is -3.52. The number of aliphatic hydroxyl groups excluding tert-OH is 2. The normalized spacial score (nSPS) is 36.8. The molecule has 106 valence electrons. The predicted molar refractivity (Wildman–Crippen MR) is 73.0 cm³/mol. The maximum Gasteiger partial charge on any atom is 0.328 e. The van der Waals surface area contributed by atoms with Gasteiger partial charge in [-0.3, -0.25) is 9.55 Å². The van der Waals surface area contributed by atoms with Gasteiger partial charge in [-0.15, -0.1) is 0 Å². The fourth-order valence-corrected chi connectivity index (χ4v) is 2.14. The summed E-state index contributed by atoms with van der Waals surface area (Å²) in [5.41, 5.74) is -3.52. The molecule has 1 fully saturated rings. The van der Waals surface area contributed by atoms with Gasteiger partial charge in [-0.25, -0.2) is 9.18 Å². The van der Waals surface area contributed by atoms with Crippen molar-refractivity contribution in [3.63, 3.8) is 0 Å². The number of rotatable bonds is 2. The van der Waals surface area contributed by atoms with Crippen LogP contribution in [0.25, 0.3) is 0 Å². The number of hydrogen-bond donors (Lipinski definition) is 4. The molecule has 0 amide bonds. The molecule has 4 atom stereocenters. The molecule has 0 unspecified atom stereocenters. The Morgan fingerprint density at radius 1 is 1.48 bits per heavy atom. The third-order valence-electron chi connectivity index (χ3n) is 3.16. The Balaban J connectivity index is 2.59. The van der Waals surface area contributed by atoms with Crippen molar-refractivity contribution in [2.75, 3.05) is 0 Å². The standard InChI is InChI=1S/C9H8B3FN2O5S/c10-8(15-2-1-3(21)14-6(15)18)5(17)4(16)7(13,20-8)9(11,12)19/h1-2,4-5,16-17,19H,(H,14,18,21)/t4-,5+,7-,8-/m0/s1. The average molecular weight is 308 g/mol. The van der Waals surface area contributed by atoms with Crippen molar-refractivity contribution in [2.24, 2.45) is 0 Å². The Labute approximate surface area is 127 Å². The van der Waals surface area contributed by atoms with Crippen molar-refractivity contribution in [3.05, 3.63) is 27.4 Å². The maximum atomic E-state index is 14.5. The molecular formula is C9H8B3FN2O5S. The van der Waals surface area contributed by atoms with Gasteiger partial charge in [0, 0.05) is 11.6 Å². The second kappa shape index (κ2) is 4.78. The van der Waals surface area contributed by atoms with Crippen LogP contribution in [-0.2, 0) is 10.4 Å². The van der Waals surface area contributed by atoms with Crippen molar-refractivity contribution in [3.8, 4) is 0 Å². The first kappa shape index (κ1) is 16.4. The van der Waals surface area contributed by atoms with E-state index in [1.807, 2.05) is 0 Å². The van der Waals surface area contributed by atoms with Gasteiger partial charge in [0.05, 0.1) is 0 Å². The molecule has 7 nitrogen and oxygen atoms in total. The Hall–Kier alpha value is -0.935. The Morgan fingerprint density at radius 2 is 2.05 bits per heavy atom. The highest BCUT2D eigenvalue weighted by atomic mass is 32.1. The molecule has 12 heteroatoms. The van der Waals surface area contributed by atoms with Crippen LogP contribution < -0.4 is 5.69 Å². The molecule has 0 aliphatic carbocycles. The quantitative estimate of drug-likeness (QED) is 0.345. The zero-order valence-electron chi connectivity index (χ0n) is 10.4. The molecule has 1 aromatic rings. The number of ether oxygens (including phenoxy) is 1. The molecule has 1 aliphatic rings. The molecule has 4 N–H and O–H groups in total. The lowest BCUT2D eigenvalue weighted by Crippen LogP contribution is -2.59. The summed E-state index contributed by atoms with van der Waals surface area (Å²) in [6.07, 6.45) is -3.57. The van der Waals surface area contributed by atoms with E-state index in [4.69, 9.17) is 35.8 Å². The fourth-order valence-electron chi connectivity index (χ4n) is 1.99. The first-order valence-corrected chi connectivity index (χ1v) is 6.01. The Bertz CT molecular complexity index is 678. The third-order valence-corrected chi connectivity index (χ3v) is 3.40. The van der Waals surface area contributed by atoms with E-state index in [-0.39, 0.29) is 4.64 Å². The molecule has 0 aromatic carbocycles. The highest BCUT2D eigenvalue weighted by Crippen LogP contribution is 2.44. The lowest BCUT2D eigenvalue weighted by atomic mass is 9.59. The average Bonchev–Trinajstić information content (AvgIpc) is 2.51. The molecule has 1 aromatic heterocycles. The van der Waals surface area contributed by atoms with Crippen molar-refractivity contribution >= 4 is 35.8 Å². The van der Waals surface area contributed by atoms with E-state index in [0.29, 0.717) is 4.57 Å². The number of aliphatic hydroxyl groups is 3. The minimum Gasteiger partial charge on any atom is -0.403 e. The lowest BCUT2D eigenvalue weighted by molar-refractivity contribution is -0.243. The molecule has 1 aliphatic heterocycles. The van der Waals surface area contributed by atoms with Gasteiger partial charge >= 0.3 is 5.69 Å². The van der Waals surface area contributed by atoms with E-state index in [2.05, 4.69) is 9.72 Å². The van der Waals surface area contributed by atoms with Gasteiger partial charge in [-0.2, -0.15) is 0 Å². The molecule has 2 rings (SSSR count). The number of hydrogen-bond acceptors (Lipinski definition) is 6. The van der Waals surface area contributed by atoms with Crippen LogP contribution in [-0.4, -0.2) is 71.9 Å². The minimum atomic E-state index is -3.52. The summed E-state index contributed by atoms with van der Waals surface area (Å²) in [5, 5.41) is 25.8. The summed E-state index contributed by atoms with van der Waals surface area (Å²) >= 11 is 4.71. The van der Waals surface area contributed by atoms with Gasteiger partial charge in [0.15, 0.2) is 0 Å². The van der Waals surface area contributed by atoms with Crippen molar-refractivity contribution in [1.29, 1.82) is 0 Å². The summed E-state index contributed by atoms with van der Waals surface area (Å²) < 4.78 is 19.7. The highest BCUT2D eigenvalue weighted by molar-refractivity contribution is 7.71. The molecule has 2 heterocycles. The summed E-state index contributed by atoms with van der Waals surface area (Å²) in [4.78, 5) is 14.0. The smallest absolute Gasteiger partial charge is 0.328 e. The number of aromatic amines is 1. The summed E-state index contributed by atoms with van der Waals surface area (Å²) in [6.45, 7) is 0. The predicted octanol–water partition coefficient (Wildman–Crippen LogP) is -2.91. The maximum absolute atomic E-state index is 14.5. The van der Waals surface area contributed by atoms with Crippen LogP contribution in [0.4, 0.5) is 4.39 Å². The van der Waals surface area contributed by atoms with E-state index in [9.17, 15) is 24.5 Å². The second-order valence-corrected chi connectivity index (χ2v) is 5.13. The van der Waals surface area contributed by atoms with Crippen molar-refractivity contribution in [2.45, 2.75) is 29.1 Å². The minimum absolute atomic E-state index is 0.0496. The SMILES string of the molecule is [B]C([B])(O)[C@@]1(F)O[C@@]([B])(n2ccc(=S)[nH]c2=O)[C@H](O)[C@@H]1O. The van der Waals surface area contributed by atoms with Crippen LogP contribution in [0.5, 0.6) is 0 Å². The third kappa shape index (κ3) is 2.31. The molecule has 21 heavy (non-hydrogen) atoms. The Kier molecular flexibility index (Phi) is 3.74. The molecule has 0 spiro atoms. The van der Waals surface area contributed by atoms with E-state index in [0.717, 1.165) is 6.20 Å². The van der Waals surface area contributed by atoms with Gasteiger partial charge in [0.25, 0.3) is 5.85 Å². The zero-order valence-corrected chi connectivity index (χ0v) is 11.2. The topological polar surface area (TPSA) is 108 Å². The van der Waals surface area contributed by atoms with E-state index < -0.39 is 34.8 Å². The number of nitrogens with one attached hydrogen (secondary N) is 1. The molecule has 6 radical (unpaired) electrons. The van der Waals surface area contributed by atoms with E-state index >= 15 is 0 Å². The van der Waals surface area contributed by atoms with Crippen LogP contribution in [0.1, 0.15) is 0 Å². The monoisotopic (exact) mass is 308 g/mol. The van der Waals surface area contributed by atoms with Crippen molar-refractivity contribution < 1.29 is 24.4 Å². The largest absolute Gasteiger partial charge is 0.403 e. The van der Waals surface area contributed by atoms with Crippen molar-refractivity contribution in [1.82, 2.24) is 9.55 Å². The van der Waals surface area contributed by atoms with Gasteiger partial charge in [-0.05, 0) is 6.07 Å². The van der Waals surface area contributed by atoms with Gasteiger partial charge in [0.1, 0.15) is 46.0 Å². The fraction of sp³-hybridized carbons (Fsp3) is 0.556. The first-order valence-electron chi connectivity index (χ1n) is 5.60. The lowest BCUT2D eigenvalue weighted by Gasteiger charge is -2.37. The van der Waals surface area contributed by atoms with Crippen LogP contribution in [0, 0.1) is 4.64 Å². The van der Waals surface area contributed by atoms with Gasteiger partial charge < -0.3 is 20.1 Å². The molecule has 0 saturated carbocycles. The zero-order chi connectivity index (χ0) is 16.2. The van der Waals surface area contributed by atoms with Crippen LogP contribution in [0.2, 0.25) is 0 Å². The highest BCUT2D eigenvalue weighted by Gasteiger charge is 2.66. The van der Waals surface area contributed by atoms with E-state index in [1.165, 1.54) is 6.07 Å². The molecule has 1 saturated heterocycles. The second-order valence-electron chi connectivity index (χ2n) is 4.69. The first-order chi connectivity index (χ1) is 9.43. The summed E-state index contributed by atoms with van der Waals surface area (Å²) in [6, 6.07) is 1.21. The summed E-state index contributed by atoms with van der Waals surface area (Å²) in [7, 11) is 15.6. The van der Waals surface area contributed by atoms with Gasteiger partial charge in [-0.1, -0.05) is 12.2 Å².